The minimum absolute atomic E-state index is 0.457. The second-order valence-corrected chi connectivity index (χ2v) is 8.36. The summed E-state index contributed by atoms with van der Waals surface area (Å²) >= 11 is 0. The van der Waals surface area contributed by atoms with Crippen molar-refractivity contribution in [1.29, 1.82) is 0 Å². The van der Waals surface area contributed by atoms with Crippen LogP contribution in [0.5, 0.6) is 0 Å². The third kappa shape index (κ3) is 3.29. The topological polar surface area (TPSA) is 12.0 Å². The lowest BCUT2D eigenvalue weighted by molar-refractivity contribution is 0.109. The van der Waals surface area contributed by atoms with Crippen LogP contribution in [0, 0.1) is 35.0 Å². The number of rotatable bonds is 5. The summed E-state index contributed by atoms with van der Waals surface area (Å²) in [6.07, 6.45) is 6.11. The molecule has 2 rings (SSSR count). The Kier molecular flexibility index (Phi) is 4.41. The number of fused-ring (bicyclic) bond motifs is 2. The standard InChI is InChI=1S/C17H33N/c1-12(2)10-18-11-16(17(3,4)5)15-9-13-6-7-14(15)8-13/h12-16,18H,6-11H2,1-5H3. The van der Waals surface area contributed by atoms with Crippen molar-refractivity contribution in [2.45, 2.75) is 60.3 Å². The zero-order valence-corrected chi connectivity index (χ0v) is 13.1. The van der Waals surface area contributed by atoms with Crippen molar-refractivity contribution >= 4 is 0 Å². The molecule has 2 fully saturated rings. The van der Waals surface area contributed by atoms with Gasteiger partial charge in [-0.05, 0) is 67.4 Å². The molecule has 4 atom stereocenters. The van der Waals surface area contributed by atoms with E-state index in [1.54, 1.807) is 6.42 Å². The van der Waals surface area contributed by atoms with Crippen LogP contribution >= 0.6 is 0 Å². The third-order valence-electron chi connectivity index (χ3n) is 5.34. The van der Waals surface area contributed by atoms with Gasteiger partial charge >= 0.3 is 0 Å². The van der Waals surface area contributed by atoms with Crippen LogP contribution in [0.1, 0.15) is 60.3 Å². The van der Waals surface area contributed by atoms with Crippen LogP contribution < -0.4 is 5.32 Å². The number of hydrogen-bond donors (Lipinski definition) is 1. The molecule has 106 valence electrons. The fourth-order valence-electron chi connectivity index (χ4n) is 4.41. The summed E-state index contributed by atoms with van der Waals surface area (Å²) in [5.41, 5.74) is 0.457. The first kappa shape index (κ1) is 14.4. The van der Waals surface area contributed by atoms with Gasteiger partial charge in [-0.1, -0.05) is 41.0 Å². The van der Waals surface area contributed by atoms with Crippen molar-refractivity contribution in [3.8, 4) is 0 Å². The Hall–Kier alpha value is -0.0400. The summed E-state index contributed by atoms with van der Waals surface area (Å²) in [5, 5.41) is 3.73. The molecule has 4 unspecified atom stereocenters. The van der Waals surface area contributed by atoms with Gasteiger partial charge in [0.25, 0.3) is 0 Å². The van der Waals surface area contributed by atoms with Crippen molar-refractivity contribution in [3.63, 3.8) is 0 Å². The average Bonchev–Trinajstić information content (AvgIpc) is 2.83. The van der Waals surface area contributed by atoms with Gasteiger partial charge in [0.1, 0.15) is 0 Å². The van der Waals surface area contributed by atoms with E-state index in [1.165, 1.54) is 32.4 Å². The van der Waals surface area contributed by atoms with E-state index in [9.17, 15) is 0 Å². The molecule has 0 aromatic carbocycles. The van der Waals surface area contributed by atoms with E-state index in [4.69, 9.17) is 0 Å². The van der Waals surface area contributed by atoms with E-state index in [0.29, 0.717) is 5.41 Å². The summed E-state index contributed by atoms with van der Waals surface area (Å²) in [7, 11) is 0. The summed E-state index contributed by atoms with van der Waals surface area (Å²) in [6, 6.07) is 0. The lowest BCUT2D eigenvalue weighted by Gasteiger charge is -2.40. The highest BCUT2D eigenvalue weighted by Crippen LogP contribution is 2.53. The molecule has 1 nitrogen and oxygen atoms in total. The molecule has 1 N–H and O–H groups in total. The monoisotopic (exact) mass is 251 g/mol. The predicted molar refractivity (Wildman–Crippen MR) is 79.6 cm³/mol. The molecule has 0 radical (unpaired) electrons. The van der Waals surface area contributed by atoms with E-state index in [0.717, 1.165) is 29.6 Å². The Balaban J connectivity index is 1.93. The zero-order valence-electron chi connectivity index (χ0n) is 13.1. The highest BCUT2D eigenvalue weighted by Gasteiger charge is 2.45. The fraction of sp³-hybridized carbons (Fsp3) is 1.00. The van der Waals surface area contributed by atoms with Gasteiger partial charge in [0, 0.05) is 0 Å². The maximum absolute atomic E-state index is 3.73. The zero-order chi connectivity index (χ0) is 13.3. The van der Waals surface area contributed by atoms with Crippen LogP contribution in [-0.2, 0) is 0 Å². The first-order valence-corrected chi connectivity index (χ1v) is 8.08. The normalized spacial score (nSPS) is 33.3. The molecule has 0 amide bonds. The van der Waals surface area contributed by atoms with Gasteiger partial charge in [-0.2, -0.15) is 0 Å². The lowest BCUT2D eigenvalue weighted by Crippen LogP contribution is -2.40. The maximum atomic E-state index is 3.73. The van der Waals surface area contributed by atoms with Gasteiger partial charge in [0.2, 0.25) is 0 Å². The Morgan fingerprint density at radius 1 is 1.06 bits per heavy atom. The maximum Gasteiger partial charge on any atom is -0.00126 e. The molecule has 18 heavy (non-hydrogen) atoms. The van der Waals surface area contributed by atoms with E-state index >= 15 is 0 Å². The molecule has 2 aliphatic rings. The number of hydrogen-bond acceptors (Lipinski definition) is 1. The largest absolute Gasteiger partial charge is 0.316 e. The van der Waals surface area contributed by atoms with Crippen molar-refractivity contribution in [3.05, 3.63) is 0 Å². The molecule has 2 aliphatic carbocycles. The van der Waals surface area contributed by atoms with Crippen molar-refractivity contribution in [1.82, 2.24) is 5.32 Å². The van der Waals surface area contributed by atoms with Crippen LogP contribution in [0.25, 0.3) is 0 Å². The highest BCUT2D eigenvalue weighted by molar-refractivity contribution is 4.96. The molecule has 0 spiro atoms. The minimum atomic E-state index is 0.457. The van der Waals surface area contributed by atoms with Crippen molar-refractivity contribution < 1.29 is 0 Å². The molecule has 2 saturated carbocycles. The summed E-state index contributed by atoms with van der Waals surface area (Å²) < 4.78 is 0. The number of nitrogens with one attached hydrogen (secondary N) is 1. The Morgan fingerprint density at radius 2 is 1.78 bits per heavy atom. The SMILES string of the molecule is CC(C)CNCC(C1CC2CCC1C2)C(C)(C)C. The average molecular weight is 251 g/mol. The molecular formula is C17H33N. The van der Waals surface area contributed by atoms with Gasteiger partial charge in [0.15, 0.2) is 0 Å². The second kappa shape index (κ2) is 5.53. The molecule has 0 aromatic rings. The first-order valence-electron chi connectivity index (χ1n) is 8.08. The smallest absolute Gasteiger partial charge is 0.00126 e. The van der Waals surface area contributed by atoms with Crippen molar-refractivity contribution in [2.75, 3.05) is 13.1 Å². The summed E-state index contributed by atoms with van der Waals surface area (Å²) in [4.78, 5) is 0. The summed E-state index contributed by atoms with van der Waals surface area (Å²) in [5.74, 6) is 4.77. The Labute approximate surface area is 114 Å². The predicted octanol–water partition coefficient (Wildman–Crippen LogP) is 4.33. The van der Waals surface area contributed by atoms with Gasteiger partial charge < -0.3 is 5.32 Å². The van der Waals surface area contributed by atoms with E-state index in [-0.39, 0.29) is 0 Å². The Bertz CT molecular complexity index is 263. The molecule has 2 bridgehead atoms. The lowest BCUT2D eigenvalue weighted by atomic mass is 9.67. The Morgan fingerprint density at radius 3 is 2.22 bits per heavy atom. The minimum Gasteiger partial charge on any atom is -0.316 e. The van der Waals surface area contributed by atoms with Gasteiger partial charge in [-0.3, -0.25) is 0 Å². The van der Waals surface area contributed by atoms with Gasteiger partial charge in [-0.25, -0.2) is 0 Å². The van der Waals surface area contributed by atoms with Gasteiger partial charge in [0.05, 0.1) is 0 Å². The molecular weight excluding hydrogens is 218 g/mol. The fourth-order valence-corrected chi connectivity index (χ4v) is 4.41. The van der Waals surface area contributed by atoms with Crippen LogP contribution in [-0.4, -0.2) is 13.1 Å². The highest BCUT2D eigenvalue weighted by atomic mass is 14.9. The van der Waals surface area contributed by atoms with Crippen molar-refractivity contribution in [2.24, 2.45) is 35.0 Å². The first-order chi connectivity index (χ1) is 8.38. The summed E-state index contributed by atoms with van der Waals surface area (Å²) in [6.45, 7) is 14.3. The van der Waals surface area contributed by atoms with Crippen LogP contribution in [0.4, 0.5) is 0 Å². The molecule has 0 heterocycles. The molecule has 0 aromatic heterocycles. The molecule has 0 aliphatic heterocycles. The van der Waals surface area contributed by atoms with E-state index in [2.05, 4.69) is 39.9 Å². The van der Waals surface area contributed by atoms with Crippen LogP contribution in [0.2, 0.25) is 0 Å². The van der Waals surface area contributed by atoms with E-state index in [1.807, 2.05) is 0 Å². The molecule has 0 saturated heterocycles. The van der Waals surface area contributed by atoms with Gasteiger partial charge in [-0.15, -0.1) is 0 Å². The molecule has 1 heteroatoms. The van der Waals surface area contributed by atoms with E-state index < -0.39 is 0 Å². The second-order valence-electron chi connectivity index (χ2n) is 8.36. The van der Waals surface area contributed by atoms with Crippen LogP contribution in [0.3, 0.4) is 0 Å². The van der Waals surface area contributed by atoms with Crippen LogP contribution in [0.15, 0.2) is 0 Å². The quantitative estimate of drug-likeness (QED) is 0.767. The third-order valence-corrected chi connectivity index (χ3v) is 5.34.